The standard InChI is InChI=1S/C8H5NO2.Ag/c10-9(11)7-6-8-4-2-1-3-5-8;/h1-5H;/q-1;+1. The molecule has 0 unspecified atom stereocenters. The Hall–Kier alpha value is -0.900. The van der Waals surface area contributed by atoms with E-state index in [1.807, 2.05) is 12.3 Å². The summed E-state index contributed by atoms with van der Waals surface area (Å²) >= 11 is 0. The zero-order valence-electron chi connectivity index (χ0n) is 5.95. The molecule has 1 radical (unpaired) electrons. The molecule has 0 saturated heterocycles. The minimum atomic E-state index is -0.660. The Kier molecular flexibility index (Phi) is 5.28. The molecule has 1 aromatic carbocycles. The van der Waals surface area contributed by atoms with Crippen molar-refractivity contribution in [3.63, 3.8) is 0 Å². The van der Waals surface area contributed by atoms with Gasteiger partial charge in [0.25, 0.3) is 0 Å². The van der Waals surface area contributed by atoms with Gasteiger partial charge in [-0.05, 0) is 4.92 Å². The van der Waals surface area contributed by atoms with Gasteiger partial charge < -0.3 is 0 Å². The second-order valence-electron chi connectivity index (χ2n) is 1.86. The Bertz CT molecular complexity index is 272. The van der Waals surface area contributed by atoms with E-state index in [-0.39, 0.29) is 22.4 Å². The summed E-state index contributed by atoms with van der Waals surface area (Å²) in [6, 6.07) is 8.83. The fraction of sp³-hybridized carbons (Fsp3) is 0. The van der Waals surface area contributed by atoms with Crippen LogP contribution in [0.15, 0.2) is 30.3 Å². The van der Waals surface area contributed by atoms with Gasteiger partial charge in [0.1, 0.15) is 6.20 Å². The number of nitro groups is 1. The van der Waals surface area contributed by atoms with Crippen LogP contribution in [0, 0.1) is 22.4 Å². The molecule has 1 aromatic rings. The van der Waals surface area contributed by atoms with Gasteiger partial charge in [-0.25, -0.2) is 0 Å². The van der Waals surface area contributed by atoms with Crippen molar-refractivity contribution in [2.24, 2.45) is 0 Å². The topological polar surface area (TPSA) is 43.1 Å². The zero-order chi connectivity index (χ0) is 8.10. The van der Waals surface area contributed by atoms with Crippen molar-refractivity contribution in [3.8, 4) is 0 Å². The van der Waals surface area contributed by atoms with Crippen LogP contribution in [0.1, 0.15) is 5.56 Å². The van der Waals surface area contributed by atoms with Crippen LogP contribution in [0.25, 0.3) is 0 Å². The summed E-state index contributed by atoms with van der Waals surface area (Å²) in [6.45, 7) is 0. The molecule has 0 saturated carbocycles. The molecule has 12 heavy (non-hydrogen) atoms. The van der Waals surface area contributed by atoms with Crippen molar-refractivity contribution in [3.05, 3.63) is 58.3 Å². The maximum Gasteiger partial charge on any atom is 1.00 e. The predicted octanol–water partition coefficient (Wildman–Crippen LogP) is 1.43. The summed E-state index contributed by atoms with van der Waals surface area (Å²) in [7, 11) is 0. The number of hydrogen-bond donors (Lipinski definition) is 0. The van der Waals surface area contributed by atoms with Crippen molar-refractivity contribution in [1.82, 2.24) is 0 Å². The van der Waals surface area contributed by atoms with E-state index in [0.29, 0.717) is 5.56 Å². The molecule has 0 spiro atoms. The first-order valence-corrected chi connectivity index (χ1v) is 3.00. The zero-order valence-corrected chi connectivity index (χ0v) is 7.43. The van der Waals surface area contributed by atoms with Gasteiger partial charge in [-0.15, -0.1) is 18.2 Å². The van der Waals surface area contributed by atoms with Gasteiger partial charge in [-0.2, -0.15) is 5.56 Å². The van der Waals surface area contributed by atoms with Gasteiger partial charge in [0.15, 0.2) is 0 Å². The van der Waals surface area contributed by atoms with Gasteiger partial charge in [-0.1, -0.05) is 18.2 Å². The smallest absolute Gasteiger partial charge is 0.278 e. The van der Waals surface area contributed by atoms with E-state index in [2.05, 4.69) is 6.08 Å². The minimum Gasteiger partial charge on any atom is -0.278 e. The molecule has 0 heterocycles. The third kappa shape index (κ3) is 4.08. The van der Waals surface area contributed by atoms with Gasteiger partial charge in [0.2, 0.25) is 0 Å². The van der Waals surface area contributed by atoms with Crippen LogP contribution in [-0.4, -0.2) is 4.92 Å². The normalized spacial score (nSPS) is 9.33. The molecule has 0 aliphatic rings. The van der Waals surface area contributed by atoms with E-state index in [9.17, 15) is 10.1 Å². The summed E-state index contributed by atoms with van der Waals surface area (Å²) < 4.78 is 0. The number of benzene rings is 1. The minimum absolute atomic E-state index is 0. The molecule has 0 amide bonds. The Balaban J connectivity index is 0.00000121. The molecule has 0 aliphatic heterocycles. The second-order valence-corrected chi connectivity index (χ2v) is 1.86. The third-order valence-corrected chi connectivity index (χ3v) is 1.07. The second kappa shape index (κ2) is 5.71. The van der Waals surface area contributed by atoms with E-state index in [1.54, 1.807) is 24.3 Å². The molecule has 1 rings (SSSR count). The van der Waals surface area contributed by atoms with Crippen LogP contribution in [-0.2, 0) is 22.4 Å². The van der Waals surface area contributed by atoms with Crippen LogP contribution >= 0.6 is 0 Å². The molecule has 0 aromatic heterocycles. The first kappa shape index (κ1) is 11.1. The van der Waals surface area contributed by atoms with Gasteiger partial charge >= 0.3 is 22.4 Å². The van der Waals surface area contributed by atoms with E-state index in [4.69, 9.17) is 0 Å². The van der Waals surface area contributed by atoms with Crippen LogP contribution < -0.4 is 0 Å². The molecule has 0 bridgehead atoms. The van der Waals surface area contributed by atoms with E-state index < -0.39 is 4.92 Å². The summed E-state index contributed by atoms with van der Waals surface area (Å²) in [5.74, 6) is 0. The van der Waals surface area contributed by atoms with E-state index in [0.717, 1.165) is 0 Å². The molecular weight excluding hydrogens is 250 g/mol. The Morgan fingerprint density at radius 2 is 1.92 bits per heavy atom. The maximum atomic E-state index is 9.80. The molecule has 0 N–H and O–H groups in total. The Morgan fingerprint density at radius 1 is 1.33 bits per heavy atom. The molecule has 65 valence electrons. The van der Waals surface area contributed by atoms with Crippen molar-refractivity contribution in [2.75, 3.05) is 0 Å². The van der Waals surface area contributed by atoms with Gasteiger partial charge in [-0.3, -0.25) is 10.1 Å². The fourth-order valence-corrected chi connectivity index (χ4v) is 0.632. The molecule has 4 heteroatoms. The first-order valence-electron chi connectivity index (χ1n) is 3.00. The van der Waals surface area contributed by atoms with Crippen molar-refractivity contribution >= 4 is 0 Å². The van der Waals surface area contributed by atoms with Crippen molar-refractivity contribution in [2.45, 2.75) is 0 Å². The SMILES string of the molecule is O=[N+]([O-])[C-]=[C]c1ccccc1.[Ag+]. The first-order chi connectivity index (χ1) is 5.29. The monoisotopic (exact) mass is 254 g/mol. The molecule has 3 nitrogen and oxygen atoms in total. The summed E-state index contributed by atoms with van der Waals surface area (Å²) in [4.78, 5) is 9.14. The summed E-state index contributed by atoms with van der Waals surface area (Å²) in [5, 5.41) is 9.80. The Labute approximate surface area is 85.8 Å². The third-order valence-electron chi connectivity index (χ3n) is 1.07. The molecular formula is C8H5AgNO2. The van der Waals surface area contributed by atoms with E-state index in [1.165, 1.54) is 0 Å². The quantitative estimate of drug-likeness (QED) is 0.264. The van der Waals surface area contributed by atoms with Gasteiger partial charge in [0, 0.05) is 0 Å². The number of nitrogens with zero attached hydrogens (tertiary/aromatic N) is 1. The fourth-order valence-electron chi connectivity index (χ4n) is 0.632. The Morgan fingerprint density at radius 3 is 2.42 bits per heavy atom. The van der Waals surface area contributed by atoms with Gasteiger partial charge in [0.05, 0.1) is 0 Å². The van der Waals surface area contributed by atoms with Crippen LogP contribution in [0.5, 0.6) is 0 Å². The van der Waals surface area contributed by atoms with E-state index >= 15 is 0 Å². The molecule has 0 fully saturated rings. The largest absolute Gasteiger partial charge is 1.00 e. The molecule has 0 atom stereocenters. The van der Waals surface area contributed by atoms with Crippen LogP contribution in [0.3, 0.4) is 0 Å². The average molecular weight is 255 g/mol. The van der Waals surface area contributed by atoms with Crippen LogP contribution in [0.4, 0.5) is 0 Å². The summed E-state index contributed by atoms with van der Waals surface area (Å²) in [5.41, 5.74) is 0.657. The number of hydrogen-bond acceptors (Lipinski definition) is 2. The van der Waals surface area contributed by atoms with Crippen LogP contribution in [0.2, 0.25) is 0 Å². The number of rotatable bonds is 2. The maximum absolute atomic E-state index is 9.80. The molecule has 0 aliphatic carbocycles. The van der Waals surface area contributed by atoms with Crippen molar-refractivity contribution in [1.29, 1.82) is 0 Å². The van der Waals surface area contributed by atoms with Crippen molar-refractivity contribution < 1.29 is 27.3 Å². The average Bonchev–Trinajstić information content (AvgIpc) is 2.03. The predicted molar refractivity (Wildman–Crippen MR) is 39.0 cm³/mol. The summed E-state index contributed by atoms with van der Waals surface area (Å²) in [6.07, 6.45) is 4.23.